The fraction of sp³-hybridized carbons (Fsp3) is 0.517. The van der Waals surface area contributed by atoms with Crippen molar-refractivity contribution in [2.24, 2.45) is 29.1 Å². The SMILES string of the molecule is C[C@H]1[C@@H]2[C@@H](O)[C@H]([C@H](C)C(=O)NCc3ccccn3)CC[C@@]2(C)CC[C@@H]1NC(=O)c1ccc(C#N)cc1. The third-order valence-corrected chi connectivity index (χ3v) is 8.71. The van der Waals surface area contributed by atoms with E-state index in [9.17, 15) is 14.7 Å². The van der Waals surface area contributed by atoms with Gasteiger partial charge >= 0.3 is 0 Å². The number of benzene rings is 1. The molecule has 0 spiro atoms. The molecular formula is C29H36N4O3. The number of rotatable bonds is 6. The van der Waals surface area contributed by atoms with Crippen molar-refractivity contribution in [1.29, 1.82) is 5.26 Å². The molecule has 7 nitrogen and oxygen atoms in total. The van der Waals surface area contributed by atoms with Gasteiger partial charge in [-0.2, -0.15) is 5.26 Å². The Labute approximate surface area is 213 Å². The summed E-state index contributed by atoms with van der Waals surface area (Å²) in [6.45, 7) is 6.64. The van der Waals surface area contributed by atoms with Crippen molar-refractivity contribution >= 4 is 11.8 Å². The zero-order chi connectivity index (χ0) is 25.9. The van der Waals surface area contributed by atoms with Crippen molar-refractivity contribution in [2.45, 2.75) is 65.1 Å². The van der Waals surface area contributed by atoms with Gasteiger partial charge in [-0.3, -0.25) is 14.6 Å². The van der Waals surface area contributed by atoms with Crippen LogP contribution in [0.5, 0.6) is 0 Å². The number of aromatic nitrogens is 1. The first-order chi connectivity index (χ1) is 17.2. The van der Waals surface area contributed by atoms with E-state index < -0.39 is 6.10 Å². The molecule has 7 heteroatoms. The third-order valence-electron chi connectivity index (χ3n) is 8.71. The van der Waals surface area contributed by atoms with Crippen LogP contribution in [0.3, 0.4) is 0 Å². The Bertz CT molecular complexity index is 1110. The molecule has 2 aliphatic carbocycles. The topological polar surface area (TPSA) is 115 Å². The Balaban J connectivity index is 1.42. The number of carbonyl (C=O) groups excluding carboxylic acids is 2. The van der Waals surface area contributed by atoms with Gasteiger partial charge in [-0.25, -0.2) is 0 Å². The molecule has 1 heterocycles. The first-order valence-corrected chi connectivity index (χ1v) is 12.9. The number of nitriles is 1. The summed E-state index contributed by atoms with van der Waals surface area (Å²) in [6.07, 6.45) is 4.62. The molecule has 3 N–H and O–H groups in total. The molecule has 0 saturated heterocycles. The van der Waals surface area contributed by atoms with Crippen LogP contribution in [0.25, 0.3) is 0 Å². The van der Waals surface area contributed by atoms with E-state index >= 15 is 0 Å². The molecule has 1 aromatic carbocycles. The lowest BCUT2D eigenvalue weighted by Gasteiger charge is -2.56. The number of hydrogen-bond donors (Lipinski definition) is 3. The Morgan fingerprint density at radius 2 is 1.92 bits per heavy atom. The summed E-state index contributed by atoms with van der Waals surface area (Å²) in [5.41, 5.74) is 1.82. The second-order valence-electron chi connectivity index (χ2n) is 10.9. The van der Waals surface area contributed by atoms with Crippen molar-refractivity contribution in [3.8, 4) is 6.07 Å². The van der Waals surface area contributed by atoms with Crippen LogP contribution in [0.2, 0.25) is 0 Å². The van der Waals surface area contributed by atoms with E-state index in [1.54, 1.807) is 30.5 Å². The number of hydrogen-bond acceptors (Lipinski definition) is 5. The number of nitrogens with one attached hydrogen (secondary N) is 2. The highest BCUT2D eigenvalue weighted by Crippen LogP contribution is 2.55. The van der Waals surface area contributed by atoms with Gasteiger partial charge in [-0.15, -0.1) is 0 Å². The van der Waals surface area contributed by atoms with Gasteiger partial charge in [-0.1, -0.05) is 26.8 Å². The monoisotopic (exact) mass is 488 g/mol. The van der Waals surface area contributed by atoms with Crippen molar-refractivity contribution in [3.05, 3.63) is 65.5 Å². The third kappa shape index (κ3) is 5.29. The standard InChI is InChI=1S/C29H36N4O3/c1-18(27(35)32-17-22-6-4-5-15-31-22)23-11-13-29(3)14-12-24(19(2)25(29)26(23)34)33-28(36)21-9-7-20(16-30)8-10-21/h4-10,15,18-19,23-26,34H,11-14,17H2,1-3H3,(H,32,35)(H,33,36)/t18-,19+,23-,24-,25+,26-,29-/m0/s1. The predicted octanol–water partition coefficient (Wildman–Crippen LogP) is 3.83. The fourth-order valence-corrected chi connectivity index (χ4v) is 6.48. The van der Waals surface area contributed by atoms with Gasteiger partial charge in [-0.05, 0) is 85.3 Å². The number of aliphatic hydroxyl groups is 1. The molecule has 0 radical (unpaired) electrons. The number of aliphatic hydroxyl groups excluding tert-OH is 1. The maximum Gasteiger partial charge on any atom is 0.251 e. The van der Waals surface area contributed by atoms with Crippen LogP contribution in [0.1, 0.15) is 68.1 Å². The minimum atomic E-state index is -0.621. The Morgan fingerprint density at radius 3 is 2.58 bits per heavy atom. The molecule has 7 atom stereocenters. The largest absolute Gasteiger partial charge is 0.392 e. The zero-order valence-corrected chi connectivity index (χ0v) is 21.3. The van der Waals surface area contributed by atoms with E-state index in [-0.39, 0.29) is 46.9 Å². The summed E-state index contributed by atoms with van der Waals surface area (Å²) in [4.78, 5) is 30.1. The molecule has 2 aromatic rings. The van der Waals surface area contributed by atoms with E-state index in [1.165, 1.54) is 0 Å². The number of pyridine rings is 1. The van der Waals surface area contributed by atoms with Gasteiger partial charge < -0.3 is 15.7 Å². The first kappa shape index (κ1) is 25.8. The van der Waals surface area contributed by atoms with Crippen LogP contribution in [0, 0.1) is 40.4 Å². The van der Waals surface area contributed by atoms with E-state index in [0.29, 0.717) is 17.7 Å². The molecule has 190 valence electrons. The van der Waals surface area contributed by atoms with Gasteiger partial charge in [0.05, 0.1) is 30.0 Å². The molecular weight excluding hydrogens is 452 g/mol. The molecule has 2 fully saturated rings. The summed E-state index contributed by atoms with van der Waals surface area (Å²) >= 11 is 0. The number of carbonyl (C=O) groups is 2. The normalized spacial score (nSPS) is 30.4. The van der Waals surface area contributed by atoms with Crippen LogP contribution >= 0.6 is 0 Å². The van der Waals surface area contributed by atoms with Crippen molar-refractivity contribution in [1.82, 2.24) is 15.6 Å². The van der Waals surface area contributed by atoms with Crippen LogP contribution in [-0.2, 0) is 11.3 Å². The van der Waals surface area contributed by atoms with Crippen molar-refractivity contribution in [3.63, 3.8) is 0 Å². The van der Waals surface area contributed by atoms with Crippen LogP contribution in [-0.4, -0.2) is 34.1 Å². The van der Waals surface area contributed by atoms with Crippen LogP contribution in [0.4, 0.5) is 0 Å². The highest BCUT2D eigenvalue weighted by molar-refractivity contribution is 5.94. The lowest BCUT2D eigenvalue weighted by molar-refractivity contribution is -0.142. The maximum absolute atomic E-state index is 13.0. The Kier molecular flexibility index (Phi) is 7.75. The number of nitrogens with zero attached hydrogens (tertiary/aromatic N) is 2. The lowest BCUT2D eigenvalue weighted by atomic mass is 9.51. The Morgan fingerprint density at radius 1 is 1.19 bits per heavy atom. The quantitative estimate of drug-likeness (QED) is 0.572. The van der Waals surface area contributed by atoms with Gasteiger partial charge in [0.1, 0.15) is 0 Å². The minimum absolute atomic E-state index is 0.0118. The first-order valence-electron chi connectivity index (χ1n) is 12.9. The summed E-state index contributed by atoms with van der Waals surface area (Å²) in [5.74, 6) is -0.641. The predicted molar refractivity (Wildman–Crippen MR) is 136 cm³/mol. The van der Waals surface area contributed by atoms with Crippen molar-refractivity contribution < 1.29 is 14.7 Å². The fourth-order valence-electron chi connectivity index (χ4n) is 6.48. The van der Waals surface area contributed by atoms with E-state index in [1.807, 2.05) is 25.1 Å². The second-order valence-corrected chi connectivity index (χ2v) is 10.9. The maximum atomic E-state index is 13.0. The van der Waals surface area contributed by atoms with Crippen molar-refractivity contribution in [2.75, 3.05) is 0 Å². The summed E-state index contributed by atoms with van der Waals surface area (Å²) in [7, 11) is 0. The Hall–Kier alpha value is -3.24. The summed E-state index contributed by atoms with van der Waals surface area (Å²) in [5, 5.41) is 26.8. The molecule has 4 rings (SSSR count). The summed E-state index contributed by atoms with van der Waals surface area (Å²) in [6, 6.07) is 14.2. The smallest absolute Gasteiger partial charge is 0.251 e. The average molecular weight is 489 g/mol. The molecule has 2 aliphatic rings. The highest BCUT2D eigenvalue weighted by Gasteiger charge is 2.53. The van der Waals surface area contributed by atoms with Gasteiger partial charge in [0, 0.05) is 23.7 Å². The molecule has 36 heavy (non-hydrogen) atoms. The van der Waals surface area contributed by atoms with E-state index in [0.717, 1.165) is 31.4 Å². The van der Waals surface area contributed by atoms with E-state index in [4.69, 9.17) is 5.26 Å². The molecule has 0 aliphatic heterocycles. The lowest BCUT2D eigenvalue weighted by Crippen LogP contribution is -2.58. The zero-order valence-electron chi connectivity index (χ0n) is 21.3. The molecule has 2 amide bonds. The molecule has 0 bridgehead atoms. The van der Waals surface area contributed by atoms with Crippen LogP contribution < -0.4 is 10.6 Å². The highest BCUT2D eigenvalue weighted by atomic mass is 16.3. The van der Waals surface area contributed by atoms with Gasteiger partial charge in [0.15, 0.2) is 0 Å². The van der Waals surface area contributed by atoms with Gasteiger partial charge in [0.25, 0.3) is 5.91 Å². The second kappa shape index (κ2) is 10.8. The number of amides is 2. The minimum Gasteiger partial charge on any atom is -0.392 e. The summed E-state index contributed by atoms with van der Waals surface area (Å²) < 4.78 is 0. The number of fused-ring (bicyclic) bond motifs is 1. The van der Waals surface area contributed by atoms with E-state index in [2.05, 4.69) is 35.5 Å². The van der Waals surface area contributed by atoms with Gasteiger partial charge in [0.2, 0.25) is 5.91 Å². The molecule has 2 saturated carbocycles. The molecule has 0 unspecified atom stereocenters. The van der Waals surface area contributed by atoms with Crippen LogP contribution in [0.15, 0.2) is 48.7 Å². The average Bonchev–Trinajstić information content (AvgIpc) is 2.89. The molecule has 1 aromatic heterocycles.